The first-order valence-electron chi connectivity index (χ1n) is 6.36. The molecule has 0 amide bonds. The predicted molar refractivity (Wildman–Crippen MR) is 76.0 cm³/mol. The van der Waals surface area contributed by atoms with E-state index in [-0.39, 0.29) is 6.10 Å². The van der Waals surface area contributed by atoms with Gasteiger partial charge in [-0.15, -0.1) is 0 Å². The summed E-state index contributed by atoms with van der Waals surface area (Å²) in [6, 6.07) is 11.6. The van der Waals surface area contributed by atoms with Crippen molar-refractivity contribution in [2.45, 2.75) is 20.0 Å². The Morgan fingerprint density at radius 1 is 1.37 bits per heavy atom. The minimum Gasteiger partial charge on any atom is -0.377 e. The number of nitrogens with zero attached hydrogens (tertiary/aromatic N) is 2. The van der Waals surface area contributed by atoms with Gasteiger partial charge in [-0.3, -0.25) is 0 Å². The monoisotopic (exact) mass is 255 g/mol. The minimum atomic E-state index is 0.223. The molecule has 0 radical (unpaired) electrons. The topological polar surface area (TPSA) is 57.9 Å². The molecular weight excluding hydrogens is 238 g/mol. The van der Waals surface area contributed by atoms with Crippen molar-refractivity contribution >= 4 is 16.7 Å². The van der Waals surface area contributed by atoms with Crippen molar-refractivity contribution in [2.75, 3.05) is 18.5 Å². The molecule has 4 nitrogen and oxygen atoms in total. The van der Waals surface area contributed by atoms with Crippen molar-refractivity contribution in [3.8, 4) is 6.07 Å². The number of ether oxygens (including phenoxy) is 1. The molecule has 0 spiro atoms. The van der Waals surface area contributed by atoms with E-state index < -0.39 is 0 Å². The van der Waals surface area contributed by atoms with Gasteiger partial charge in [0.2, 0.25) is 0 Å². The molecule has 0 saturated carbocycles. The van der Waals surface area contributed by atoms with Crippen LogP contribution in [0.25, 0.3) is 10.9 Å². The number of para-hydroxylation sites is 1. The molecule has 1 aromatic carbocycles. The maximum Gasteiger partial charge on any atom is 0.128 e. The van der Waals surface area contributed by atoms with Crippen LogP contribution in [0.4, 0.5) is 5.82 Å². The van der Waals surface area contributed by atoms with E-state index in [4.69, 9.17) is 4.74 Å². The summed E-state index contributed by atoms with van der Waals surface area (Å²) in [5, 5.41) is 13.2. The third kappa shape index (κ3) is 3.43. The van der Waals surface area contributed by atoms with E-state index in [1.807, 2.05) is 38.1 Å². The maximum absolute atomic E-state index is 9.17. The Morgan fingerprint density at radius 2 is 2.16 bits per heavy atom. The molecule has 0 atom stereocenters. The van der Waals surface area contributed by atoms with Crippen LogP contribution in [0, 0.1) is 11.3 Å². The van der Waals surface area contributed by atoms with Gasteiger partial charge in [-0.1, -0.05) is 18.2 Å². The second-order valence-electron chi connectivity index (χ2n) is 4.53. The zero-order valence-electron chi connectivity index (χ0n) is 11.2. The van der Waals surface area contributed by atoms with Crippen molar-refractivity contribution in [3.05, 3.63) is 35.9 Å². The number of anilines is 1. The molecule has 0 aliphatic carbocycles. The predicted octanol–water partition coefficient (Wildman–Crippen LogP) is 2.94. The van der Waals surface area contributed by atoms with Crippen molar-refractivity contribution in [3.63, 3.8) is 0 Å². The first-order valence-corrected chi connectivity index (χ1v) is 6.36. The van der Waals surface area contributed by atoms with Crippen molar-refractivity contribution in [1.82, 2.24) is 4.98 Å². The first kappa shape index (κ1) is 13.3. The molecule has 98 valence electrons. The van der Waals surface area contributed by atoms with Crippen molar-refractivity contribution in [2.24, 2.45) is 0 Å². The molecule has 1 heterocycles. The van der Waals surface area contributed by atoms with E-state index in [2.05, 4.69) is 16.4 Å². The second kappa shape index (κ2) is 6.17. The van der Waals surface area contributed by atoms with E-state index in [9.17, 15) is 5.26 Å². The molecule has 4 heteroatoms. The third-order valence-electron chi connectivity index (χ3n) is 2.70. The van der Waals surface area contributed by atoms with E-state index in [0.717, 1.165) is 10.9 Å². The van der Waals surface area contributed by atoms with Crippen LogP contribution in [-0.4, -0.2) is 24.2 Å². The molecule has 19 heavy (non-hydrogen) atoms. The summed E-state index contributed by atoms with van der Waals surface area (Å²) in [7, 11) is 0. The standard InChI is InChI=1S/C15H17N3O/c1-11(2)19-8-7-17-15-9-12(10-16)13-5-3-4-6-14(13)18-15/h3-6,9,11H,7-8H2,1-2H3,(H,17,18). The first-order chi connectivity index (χ1) is 9.20. The Bertz CT molecular complexity index is 602. The van der Waals surface area contributed by atoms with Gasteiger partial charge < -0.3 is 10.1 Å². The number of aromatic nitrogens is 1. The number of hydrogen-bond acceptors (Lipinski definition) is 4. The molecule has 2 rings (SSSR count). The molecule has 1 aromatic heterocycles. The maximum atomic E-state index is 9.17. The van der Waals surface area contributed by atoms with Gasteiger partial charge >= 0.3 is 0 Å². The number of hydrogen-bond donors (Lipinski definition) is 1. The van der Waals surface area contributed by atoms with Gasteiger partial charge in [0, 0.05) is 11.9 Å². The highest BCUT2D eigenvalue weighted by molar-refractivity contribution is 5.86. The third-order valence-corrected chi connectivity index (χ3v) is 2.70. The average molecular weight is 255 g/mol. The van der Waals surface area contributed by atoms with Gasteiger partial charge in [0.15, 0.2) is 0 Å². The summed E-state index contributed by atoms with van der Waals surface area (Å²) >= 11 is 0. The van der Waals surface area contributed by atoms with Gasteiger partial charge in [-0.2, -0.15) is 5.26 Å². The zero-order valence-corrected chi connectivity index (χ0v) is 11.2. The van der Waals surface area contributed by atoms with Crippen LogP contribution in [0.5, 0.6) is 0 Å². The van der Waals surface area contributed by atoms with Crippen LogP contribution in [0.2, 0.25) is 0 Å². The lowest BCUT2D eigenvalue weighted by Gasteiger charge is -2.10. The summed E-state index contributed by atoms with van der Waals surface area (Å²) in [5.74, 6) is 0.711. The van der Waals surface area contributed by atoms with Crippen LogP contribution >= 0.6 is 0 Å². The van der Waals surface area contributed by atoms with Crippen LogP contribution < -0.4 is 5.32 Å². The lowest BCUT2D eigenvalue weighted by atomic mass is 10.1. The SMILES string of the molecule is CC(C)OCCNc1cc(C#N)c2ccccc2n1. The molecule has 0 saturated heterocycles. The summed E-state index contributed by atoms with van der Waals surface area (Å²) in [6.45, 7) is 5.30. The molecule has 2 aromatic rings. The Balaban J connectivity index is 2.14. The fraction of sp³-hybridized carbons (Fsp3) is 0.333. The van der Waals surface area contributed by atoms with Gasteiger partial charge in [0.25, 0.3) is 0 Å². The van der Waals surface area contributed by atoms with Gasteiger partial charge in [-0.05, 0) is 26.0 Å². The zero-order chi connectivity index (χ0) is 13.7. The van der Waals surface area contributed by atoms with Gasteiger partial charge in [-0.25, -0.2) is 4.98 Å². The normalized spacial score (nSPS) is 10.6. The van der Waals surface area contributed by atoms with Crippen LogP contribution in [-0.2, 0) is 4.74 Å². The quantitative estimate of drug-likeness (QED) is 0.834. The number of rotatable bonds is 5. The molecule has 0 bridgehead atoms. The summed E-state index contributed by atoms with van der Waals surface area (Å²) in [5.41, 5.74) is 1.46. The molecule has 0 aliphatic rings. The number of nitrogens with one attached hydrogen (secondary N) is 1. The Morgan fingerprint density at radius 3 is 2.89 bits per heavy atom. The van der Waals surface area contributed by atoms with E-state index in [1.165, 1.54) is 0 Å². The van der Waals surface area contributed by atoms with E-state index in [1.54, 1.807) is 6.07 Å². The van der Waals surface area contributed by atoms with E-state index >= 15 is 0 Å². The fourth-order valence-electron chi connectivity index (χ4n) is 1.83. The fourth-order valence-corrected chi connectivity index (χ4v) is 1.83. The Kier molecular flexibility index (Phi) is 4.32. The van der Waals surface area contributed by atoms with Crippen LogP contribution in [0.1, 0.15) is 19.4 Å². The summed E-state index contributed by atoms with van der Waals surface area (Å²) in [6.07, 6.45) is 0.223. The number of fused-ring (bicyclic) bond motifs is 1. The highest BCUT2D eigenvalue weighted by Gasteiger charge is 2.04. The summed E-state index contributed by atoms with van der Waals surface area (Å²) < 4.78 is 5.45. The molecule has 0 unspecified atom stereocenters. The highest BCUT2D eigenvalue weighted by Crippen LogP contribution is 2.19. The lowest BCUT2D eigenvalue weighted by Crippen LogP contribution is -2.13. The number of nitriles is 1. The van der Waals surface area contributed by atoms with Crippen LogP contribution in [0.3, 0.4) is 0 Å². The Hall–Kier alpha value is -2.12. The largest absolute Gasteiger partial charge is 0.377 e. The van der Waals surface area contributed by atoms with Crippen molar-refractivity contribution in [1.29, 1.82) is 5.26 Å². The lowest BCUT2D eigenvalue weighted by molar-refractivity contribution is 0.0870. The van der Waals surface area contributed by atoms with Gasteiger partial charge in [0.05, 0.1) is 29.9 Å². The smallest absolute Gasteiger partial charge is 0.128 e. The van der Waals surface area contributed by atoms with Gasteiger partial charge in [0.1, 0.15) is 5.82 Å². The number of pyridine rings is 1. The highest BCUT2D eigenvalue weighted by atomic mass is 16.5. The molecule has 0 aliphatic heterocycles. The minimum absolute atomic E-state index is 0.223. The van der Waals surface area contributed by atoms with Crippen LogP contribution in [0.15, 0.2) is 30.3 Å². The molecular formula is C15H17N3O. The molecule has 1 N–H and O–H groups in total. The molecule has 0 fully saturated rings. The Labute approximate surface area is 113 Å². The van der Waals surface area contributed by atoms with Crippen molar-refractivity contribution < 1.29 is 4.74 Å². The summed E-state index contributed by atoms with van der Waals surface area (Å²) in [4.78, 5) is 4.48. The average Bonchev–Trinajstić information content (AvgIpc) is 2.42. The van der Waals surface area contributed by atoms with E-state index in [0.29, 0.717) is 24.5 Å². The number of benzene rings is 1. The second-order valence-corrected chi connectivity index (χ2v) is 4.53.